The van der Waals surface area contributed by atoms with Gasteiger partial charge in [0, 0.05) is 38.6 Å². The minimum atomic E-state index is -0.0393. The Morgan fingerprint density at radius 2 is 2.25 bits per heavy atom. The summed E-state index contributed by atoms with van der Waals surface area (Å²) in [5.41, 5.74) is 0. The van der Waals surface area contributed by atoms with E-state index in [1.165, 1.54) is 0 Å². The first-order valence-corrected chi connectivity index (χ1v) is 6.95. The Balaban J connectivity index is 1.65. The zero-order valence-corrected chi connectivity index (χ0v) is 11.7. The molecule has 20 heavy (non-hydrogen) atoms. The summed E-state index contributed by atoms with van der Waals surface area (Å²) in [5.74, 6) is 0.569. The zero-order valence-electron chi connectivity index (χ0n) is 11.7. The van der Waals surface area contributed by atoms with Gasteiger partial charge in [-0.2, -0.15) is 0 Å². The number of urea groups is 1. The molecule has 0 bridgehead atoms. The van der Waals surface area contributed by atoms with Gasteiger partial charge in [-0.25, -0.2) is 14.8 Å². The molecule has 1 fully saturated rings. The molecule has 1 aliphatic rings. The number of hydrogen-bond donors (Lipinski definition) is 2. The predicted octanol–water partition coefficient (Wildman–Crippen LogP) is 0.709. The van der Waals surface area contributed by atoms with Gasteiger partial charge in [-0.05, 0) is 12.5 Å². The van der Waals surface area contributed by atoms with Crippen LogP contribution in [0.15, 0.2) is 18.5 Å². The van der Waals surface area contributed by atoms with E-state index in [-0.39, 0.29) is 12.1 Å². The van der Waals surface area contributed by atoms with E-state index in [0.29, 0.717) is 38.7 Å². The summed E-state index contributed by atoms with van der Waals surface area (Å²) in [6.45, 7) is 5.12. The number of carbonyl (C=O) groups is 1. The molecule has 1 saturated heterocycles. The fraction of sp³-hybridized carbons (Fsp3) is 0.615. The van der Waals surface area contributed by atoms with Crippen molar-refractivity contribution in [2.45, 2.75) is 19.4 Å². The van der Waals surface area contributed by atoms with Gasteiger partial charge in [0.25, 0.3) is 0 Å². The van der Waals surface area contributed by atoms with Crippen molar-refractivity contribution in [1.29, 1.82) is 0 Å². The zero-order chi connectivity index (χ0) is 14.2. The van der Waals surface area contributed by atoms with Crippen molar-refractivity contribution in [2.75, 3.05) is 38.1 Å². The summed E-state index contributed by atoms with van der Waals surface area (Å²) < 4.78 is 5.54. The van der Waals surface area contributed by atoms with Crippen molar-refractivity contribution >= 4 is 12.0 Å². The summed E-state index contributed by atoms with van der Waals surface area (Å²) >= 11 is 0. The Morgan fingerprint density at radius 3 is 3.00 bits per heavy atom. The van der Waals surface area contributed by atoms with E-state index in [2.05, 4.69) is 27.5 Å². The maximum atomic E-state index is 12.0. The molecule has 0 spiro atoms. The molecule has 1 atom stereocenters. The monoisotopic (exact) mass is 279 g/mol. The summed E-state index contributed by atoms with van der Waals surface area (Å²) in [6.07, 6.45) is 4.43. The Labute approximate surface area is 118 Å². The first-order chi connectivity index (χ1) is 9.79. The lowest BCUT2D eigenvalue weighted by Crippen LogP contribution is -2.50. The lowest BCUT2D eigenvalue weighted by molar-refractivity contribution is -0.0153. The molecule has 2 N–H and O–H groups in total. The van der Waals surface area contributed by atoms with Crippen LogP contribution in [0.1, 0.15) is 13.3 Å². The molecular formula is C13H21N5O2. The van der Waals surface area contributed by atoms with Crippen molar-refractivity contribution in [2.24, 2.45) is 0 Å². The van der Waals surface area contributed by atoms with Gasteiger partial charge in [0.05, 0.1) is 12.7 Å². The molecule has 0 aromatic carbocycles. The Kier molecular flexibility index (Phi) is 5.55. The standard InChI is InChI=1S/C13H21N5O2/c1-2-11-10-18(8-9-20-11)13(19)17-7-6-16-12-14-4-3-5-15-12/h3-5,11H,2,6-10H2,1H3,(H,17,19)(H,14,15,16)/t11-/m1/s1. The molecule has 110 valence electrons. The van der Waals surface area contributed by atoms with Crippen LogP contribution in [0.3, 0.4) is 0 Å². The van der Waals surface area contributed by atoms with Crippen LogP contribution in [0.4, 0.5) is 10.7 Å². The summed E-state index contributed by atoms with van der Waals surface area (Å²) in [5, 5.41) is 5.92. The number of carbonyl (C=O) groups excluding carboxylic acids is 1. The van der Waals surface area contributed by atoms with Crippen molar-refractivity contribution < 1.29 is 9.53 Å². The van der Waals surface area contributed by atoms with E-state index in [1.54, 1.807) is 23.4 Å². The molecule has 0 unspecified atom stereocenters. The van der Waals surface area contributed by atoms with Crippen LogP contribution in [0.2, 0.25) is 0 Å². The highest BCUT2D eigenvalue weighted by molar-refractivity contribution is 5.74. The molecule has 7 nitrogen and oxygen atoms in total. The molecule has 2 rings (SSSR count). The number of rotatable bonds is 5. The van der Waals surface area contributed by atoms with E-state index < -0.39 is 0 Å². The van der Waals surface area contributed by atoms with Gasteiger partial charge < -0.3 is 20.3 Å². The maximum Gasteiger partial charge on any atom is 0.317 e. The van der Waals surface area contributed by atoms with Gasteiger partial charge in [-0.1, -0.05) is 6.92 Å². The SMILES string of the molecule is CC[C@@H]1CN(C(=O)NCCNc2ncccn2)CCO1. The number of morpholine rings is 1. The highest BCUT2D eigenvalue weighted by Crippen LogP contribution is 2.07. The number of hydrogen-bond acceptors (Lipinski definition) is 5. The van der Waals surface area contributed by atoms with Gasteiger partial charge in [0.2, 0.25) is 5.95 Å². The van der Waals surface area contributed by atoms with Gasteiger partial charge in [0.15, 0.2) is 0 Å². The van der Waals surface area contributed by atoms with Crippen LogP contribution in [-0.4, -0.2) is 59.8 Å². The smallest absolute Gasteiger partial charge is 0.317 e. The number of anilines is 1. The fourth-order valence-corrected chi connectivity index (χ4v) is 2.00. The minimum Gasteiger partial charge on any atom is -0.375 e. The first-order valence-electron chi connectivity index (χ1n) is 6.95. The van der Waals surface area contributed by atoms with Gasteiger partial charge in [-0.15, -0.1) is 0 Å². The Hall–Kier alpha value is -1.89. The van der Waals surface area contributed by atoms with Crippen molar-refractivity contribution in [1.82, 2.24) is 20.2 Å². The molecule has 0 aliphatic carbocycles. The Morgan fingerprint density at radius 1 is 1.45 bits per heavy atom. The number of aromatic nitrogens is 2. The molecule has 2 amide bonds. The number of amides is 2. The molecule has 7 heteroatoms. The second kappa shape index (κ2) is 7.64. The topological polar surface area (TPSA) is 79.4 Å². The highest BCUT2D eigenvalue weighted by atomic mass is 16.5. The van der Waals surface area contributed by atoms with Crippen LogP contribution in [0.25, 0.3) is 0 Å². The van der Waals surface area contributed by atoms with Crippen molar-refractivity contribution in [3.8, 4) is 0 Å². The molecule has 1 aromatic rings. The number of ether oxygens (including phenoxy) is 1. The third-order valence-electron chi connectivity index (χ3n) is 3.13. The average molecular weight is 279 g/mol. The van der Waals surface area contributed by atoms with Crippen molar-refractivity contribution in [3.05, 3.63) is 18.5 Å². The fourth-order valence-electron chi connectivity index (χ4n) is 2.00. The minimum absolute atomic E-state index is 0.0393. The molecule has 0 radical (unpaired) electrons. The molecule has 2 heterocycles. The molecule has 1 aliphatic heterocycles. The van der Waals surface area contributed by atoms with Gasteiger partial charge >= 0.3 is 6.03 Å². The summed E-state index contributed by atoms with van der Waals surface area (Å²) in [4.78, 5) is 21.9. The third-order valence-corrected chi connectivity index (χ3v) is 3.13. The van der Waals surface area contributed by atoms with E-state index in [1.807, 2.05) is 0 Å². The number of nitrogens with one attached hydrogen (secondary N) is 2. The van der Waals surface area contributed by atoms with Crippen LogP contribution >= 0.6 is 0 Å². The second-order valence-corrected chi connectivity index (χ2v) is 4.58. The third kappa shape index (κ3) is 4.34. The van der Waals surface area contributed by atoms with Crippen LogP contribution in [0.5, 0.6) is 0 Å². The summed E-state index contributed by atoms with van der Waals surface area (Å²) in [7, 11) is 0. The highest BCUT2D eigenvalue weighted by Gasteiger charge is 2.22. The quantitative estimate of drug-likeness (QED) is 0.776. The second-order valence-electron chi connectivity index (χ2n) is 4.58. The lowest BCUT2D eigenvalue weighted by atomic mass is 10.2. The largest absolute Gasteiger partial charge is 0.375 e. The normalized spacial score (nSPS) is 18.6. The average Bonchev–Trinajstić information content (AvgIpc) is 2.52. The predicted molar refractivity (Wildman–Crippen MR) is 75.5 cm³/mol. The Bertz CT molecular complexity index is 414. The van der Waals surface area contributed by atoms with Crippen LogP contribution in [-0.2, 0) is 4.74 Å². The van der Waals surface area contributed by atoms with Gasteiger partial charge in [0.1, 0.15) is 0 Å². The molecule has 1 aromatic heterocycles. The number of nitrogens with zero attached hydrogens (tertiary/aromatic N) is 3. The molecule has 0 saturated carbocycles. The van der Waals surface area contributed by atoms with E-state index in [0.717, 1.165) is 6.42 Å². The van der Waals surface area contributed by atoms with E-state index >= 15 is 0 Å². The molecular weight excluding hydrogens is 258 g/mol. The van der Waals surface area contributed by atoms with Crippen LogP contribution in [0, 0.1) is 0 Å². The first kappa shape index (κ1) is 14.5. The van der Waals surface area contributed by atoms with Gasteiger partial charge in [-0.3, -0.25) is 0 Å². The van der Waals surface area contributed by atoms with E-state index in [9.17, 15) is 4.79 Å². The van der Waals surface area contributed by atoms with E-state index in [4.69, 9.17) is 4.74 Å². The van der Waals surface area contributed by atoms with Crippen LogP contribution < -0.4 is 10.6 Å². The maximum absolute atomic E-state index is 12.0. The summed E-state index contributed by atoms with van der Waals surface area (Å²) in [6, 6.07) is 1.72. The van der Waals surface area contributed by atoms with Crippen molar-refractivity contribution in [3.63, 3.8) is 0 Å². The lowest BCUT2D eigenvalue weighted by Gasteiger charge is -2.32.